The predicted octanol–water partition coefficient (Wildman–Crippen LogP) is 3.11. The molecule has 0 aromatic carbocycles. The van der Waals surface area contributed by atoms with Gasteiger partial charge in [0.1, 0.15) is 29.9 Å². The van der Waals surface area contributed by atoms with Crippen LogP contribution in [-0.2, 0) is 4.74 Å². The molecule has 0 N–H and O–H groups in total. The summed E-state index contributed by atoms with van der Waals surface area (Å²) in [5.41, 5.74) is -0.0179. The molecule has 0 amide bonds. The third-order valence-electron chi connectivity index (χ3n) is 7.26. The summed E-state index contributed by atoms with van der Waals surface area (Å²) < 4.78 is 58.0. The molecular weight excluding hydrogens is 440 g/mol. The standard InChI is InChI=1S/C22H26ClF2N5O2/c1-12-17-14(8-26-19(12)23)20(30-5-6-31-10-15-16(25)18(15)30)28-21(27-17)32-11-22-3-2-4-29(22)9-13(24)7-22/h8,13,15-16,18H,2-7,9-11H2,1H3/t13-,15+,16+,18+,22+/m1/s1/i11D2. The fourth-order valence-electron chi connectivity index (χ4n) is 5.51. The monoisotopic (exact) mass is 467 g/mol. The number of fused-ring (bicyclic) bond motifs is 3. The van der Waals surface area contributed by atoms with Gasteiger partial charge in [-0.3, -0.25) is 4.90 Å². The Bertz CT molecular complexity index is 1150. The highest BCUT2D eigenvalue weighted by atomic mass is 35.5. The molecule has 2 aromatic rings. The average molecular weight is 468 g/mol. The van der Waals surface area contributed by atoms with Crippen LogP contribution in [0.25, 0.3) is 10.9 Å². The Balaban J connectivity index is 1.44. The van der Waals surface area contributed by atoms with E-state index in [1.54, 1.807) is 13.1 Å². The van der Waals surface area contributed by atoms with Gasteiger partial charge in [-0.2, -0.15) is 9.97 Å². The van der Waals surface area contributed by atoms with Crippen LogP contribution < -0.4 is 9.64 Å². The SMILES string of the molecule is [2H]C([2H])(Oc1nc(N2CCOC[C@H]3[C@H](F)[C@H]32)c2cnc(Cl)c(C)c2n1)[C@@]12CCCN1C[C@H](F)C2. The molecule has 6 rings (SSSR count). The quantitative estimate of drug-likeness (QED) is 0.640. The molecular formula is C22H26ClF2N5O2. The van der Waals surface area contributed by atoms with Crippen molar-refractivity contribution in [1.29, 1.82) is 0 Å². The number of rotatable bonds is 4. The lowest BCUT2D eigenvalue weighted by atomic mass is 9.95. The normalized spacial score (nSPS) is 35.8. The predicted molar refractivity (Wildman–Crippen MR) is 116 cm³/mol. The topological polar surface area (TPSA) is 63.6 Å². The third kappa shape index (κ3) is 3.23. The van der Waals surface area contributed by atoms with Gasteiger partial charge in [0.25, 0.3) is 0 Å². The minimum absolute atomic E-state index is 0.0615. The van der Waals surface area contributed by atoms with Crippen molar-refractivity contribution in [1.82, 2.24) is 19.9 Å². The zero-order valence-electron chi connectivity index (χ0n) is 19.7. The molecule has 3 saturated heterocycles. The summed E-state index contributed by atoms with van der Waals surface area (Å²) in [6.45, 7) is 1.54. The largest absolute Gasteiger partial charge is 0.461 e. The minimum atomic E-state index is -2.23. The van der Waals surface area contributed by atoms with Gasteiger partial charge < -0.3 is 14.4 Å². The third-order valence-corrected chi connectivity index (χ3v) is 7.64. The van der Waals surface area contributed by atoms with E-state index in [2.05, 4.69) is 15.0 Å². The van der Waals surface area contributed by atoms with Crippen molar-refractivity contribution in [2.75, 3.05) is 44.3 Å². The average Bonchev–Trinajstić information content (AvgIpc) is 3.14. The summed E-state index contributed by atoms with van der Waals surface area (Å²) in [7, 11) is 0. The van der Waals surface area contributed by atoms with Crippen molar-refractivity contribution in [3.8, 4) is 6.01 Å². The molecule has 7 nitrogen and oxygen atoms in total. The van der Waals surface area contributed by atoms with Gasteiger partial charge in [-0.25, -0.2) is 13.8 Å². The molecule has 32 heavy (non-hydrogen) atoms. The van der Waals surface area contributed by atoms with Gasteiger partial charge in [0.2, 0.25) is 0 Å². The van der Waals surface area contributed by atoms with Gasteiger partial charge in [0.05, 0.1) is 38.4 Å². The van der Waals surface area contributed by atoms with Crippen LogP contribution in [0.2, 0.25) is 5.15 Å². The lowest BCUT2D eigenvalue weighted by Crippen LogP contribution is -2.43. The fraction of sp³-hybridized carbons (Fsp3) is 0.682. The van der Waals surface area contributed by atoms with Crippen LogP contribution in [0, 0.1) is 12.8 Å². The van der Waals surface area contributed by atoms with Crippen molar-refractivity contribution in [2.45, 2.75) is 50.1 Å². The van der Waals surface area contributed by atoms with E-state index in [0.29, 0.717) is 55.0 Å². The van der Waals surface area contributed by atoms with Gasteiger partial charge >= 0.3 is 6.01 Å². The maximum Gasteiger partial charge on any atom is 0.319 e. The number of pyridine rings is 1. The molecule has 0 spiro atoms. The first-order valence-electron chi connectivity index (χ1n) is 12.1. The van der Waals surface area contributed by atoms with E-state index in [9.17, 15) is 8.78 Å². The number of halogens is 3. The number of hydrogen-bond donors (Lipinski definition) is 0. The van der Waals surface area contributed by atoms with Crippen LogP contribution in [0.3, 0.4) is 0 Å². The summed E-state index contributed by atoms with van der Waals surface area (Å²) in [6, 6.07) is -0.564. The van der Waals surface area contributed by atoms with Gasteiger partial charge in [-0.15, -0.1) is 0 Å². The van der Waals surface area contributed by atoms with E-state index in [1.165, 1.54) is 0 Å². The zero-order chi connectivity index (χ0) is 23.8. The summed E-state index contributed by atoms with van der Waals surface area (Å²) in [5.74, 6) is 0.176. The van der Waals surface area contributed by atoms with Crippen LogP contribution in [0.15, 0.2) is 6.20 Å². The van der Waals surface area contributed by atoms with Crippen molar-refractivity contribution >= 4 is 28.3 Å². The molecule has 4 fully saturated rings. The molecule has 0 unspecified atom stereocenters. The molecule has 172 valence electrons. The highest BCUT2D eigenvalue weighted by Crippen LogP contribution is 2.45. The molecule has 10 heteroatoms. The Hall–Kier alpha value is -1.84. The second kappa shape index (κ2) is 7.60. The Morgan fingerprint density at radius 2 is 2.25 bits per heavy atom. The van der Waals surface area contributed by atoms with E-state index >= 15 is 0 Å². The van der Waals surface area contributed by atoms with Crippen LogP contribution in [0.5, 0.6) is 6.01 Å². The van der Waals surface area contributed by atoms with Gasteiger partial charge in [0, 0.05) is 37.2 Å². The Kier molecular flexibility index (Phi) is 4.41. The first kappa shape index (κ1) is 18.6. The number of nitrogens with zero attached hydrogens (tertiary/aromatic N) is 5. The van der Waals surface area contributed by atoms with Gasteiger partial charge in [-0.1, -0.05) is 11.6 Å². The van der Waals surface area contributed by atoms with Gasteiger partial charge in [0.15, 0.2) is 0 Å². The maximum absolute atomic E-state index is 14.6. The summed E-state index contributed by atoms with van der Waals surface area (Å²) >= 11 is 6.26. The second-order valence-corrected chi connectivity index (χ2v) is 9.58. The molecule has 5 atom stereocenters. The van der Waals surface area contributed by atoms with E-state index in [4.69, 9.17) is 23.8 Å². The smallest absolute Gasteiger partial charge is 0.319 e. The second-order valence-electron chi connectivity index (χ2n) is 9.22. The lowest BCUT2D eigenvalue weighted by molar-refractivity contribution is 0.107. The molecule has 5 heterocycles. The molecule has 2 aromatic heterocycles. The molecule has 4 aliphatic rings. The van der Waals surface area contributed by atoms with Crippen LogP contribution >= 0.6 is 11.6 Å². The van der Waals surface area contributed by atoms with Crippen LogP contribution in [-0.4, -0.2) is 83.2 Å². The van der Waals surface area contributed by atoms with E-state index in [0.717, 1.165) is 6.42 Å². The Morgan fingerprint density at radius 1 is 1.38 bits per heavy atom. The fourth-order valence-corrected chi connectivity index (χ4v) is 5.65. The number of hydrogen-bond acceptors (Lipinski definition) is 7. The van der Waals surface area contributed by atoms with E-state index in [-0.39, 0.29) is 36.1 Å². The molecule has 0 radical (unpaired) electrons. The van der Waals surface area contributed by atoms with E-state index < -0.39 is 24.4 Å². The Labute approximate surface area is 192 Å². The molecule has 3 aliphatic heterocycles. The van der Waals surface area contributed by atoms with Crippen molar-refractivity contribution in [2.24, 2.45) is 5.92 Å². The maximum atomic E-state index is 14.6. The zero-order valence-corrected chi connectivity index (χ0v) is 18.5. The van der Waals surface area contributed by atoms with Crippen LogP contribution in [0.1, 0.15) is 27.6 Å². The first-order valence-corrected chi connectivity index (χ1v) is 11.5. The van der Waals surface area contributed by atoms with E-state index in [1.807, 2.05) is 9.80 Å². The molecule has 1 saturated carbocycles. The highest BCUT2D eigenvalue weighted by Gasteiger charge is 2.56. The Morgan fingerprint density at radius 3 is 3.12 bits per heavy atom. The molecule has 1 aliphatic carbocycles. The number of aromatic nitrogens is 3. The summed E-state index contributed by atoms with van der Waals surface area (Å²) in [4.78, 5) is 17.0. The number of ether oxygens (including phenoxy) is 2. The number of aryl methyl sites for hydroxylation is 1. The summed E-state index contributed by atoms with van der Waals surface area (Å²) in [5, 5.41) is 0.842. The van der Waals surface area contributed by atoms with Crippen LogP contribution in [0.4, 0.5) is 14.6 Å². The highest BCUT2D eigenvalue weighted by molar-refractivity contribution is 6.31. The lowest BCUT2D eigenvalue weighted by Gasteiger charge is -2.31. The van der Waals surface area contributed by atoms with Crippen molar-refractivity contribution in [3.05, 3.63) is 16.9 Å². The molecule has 0 bridgehead atoms. The number of anilines is 1. The van der Waals surface area contributed by atoms with Crippen molar-refractivity contribution < 1.29 is 21.0 Å². The number of alkyl halides is 2. The first-order chi connectivity index (χ1) is 16.2. The van der Waals surface area contributed by atoms with Crippen molar-refractivity contribution in [3.63, 3.8) is 0 Å². The van der Waals surface area contributed by atoms with Gasteiger partial charge in [-0.05, 0) is 26.3 Å². The summed E-state index contributed by atoms with van der Waals surface area (Å²) in [6.07, 6.45) is 0.738. The minimum Gasteiger partial charge on any atom is -0.461 e.